The summed E-state index contributed by atoms with van der Waals surface area (Å²) in [5.74, 6) is 1.30. The van der Waals surface area contributed by atoms with E-state index in [1.807, 2.05) is 32.1 Å². The van der Waals surface area contributed by atoms with Crippen LogP contribution in [0.4, 0.5) is 5.69 Å². The maximum Gasteiger partial charge on any atom is 0.126 e. The van der Waals surface area contributed by atoms with E-state index in [9.17, 15) is 5.11 Å². The summed E-state index contributed by atoms with van der Waals surface area (Å²) in [5.41, 5.74) is 3.47. The third kappa shape index (κ3) is 5.06. The zero-order valence-electron chi connectivity index (χ0n) is 18.7. The van der Waals surface area contributed by atoms with E-state index in [4.69, 9.17) is 4.74 Å². The number of rotatable bonds is 6. The van der Waals surface area contributed by atoms with E-state index in [-0.39, 0.29) is 0 Å². The molecular formula is C26H34N2O2. The van der Waals surface area contributed by atoms with Crippen LogP contribution >= 0.6 is 0 Å². The van der Waals surface area contributed by atoms with Gasteiger partial charge in [-0.05, 0) is 60.9 Å². The number of allylic oxidation sites excluding steroid dienone is 2. The van der Waals surface area contributed by atoms with E-state index in [0.717, 1.165) is 60.9 Å². The van der Waals surface area contributed by atoms with E-state index >= 15 is 0 Å². The minimum absolute atomic E-state index is 0.403. The number of phenols is 1. The molecule has 0 radical (unpaired) electrons. The van der Waals surface area contributed by atoms with Gasteiger partial charge >= 0.3 is 0 Å². The van der Waals surface area contributed by atoms with Crippen molar-refractivity contribution >= 4 is 17.8 Å². The van der Waals surface area contributed by atoms with Crippen LogP contribution in [0.15, 0.2) is 42.5 Å². The van der Waals surface area contributed by atoms with Crippen molar-refractivity contribution in [3.05, 3.63) is 64.0 Å². The molecule has 160 valence electrons. The van der Waals surface area contributed by atoms with E-state index < -0.39 is 0 Å². The molecular weight excluding hydrogens is 372 g/mol. The van der Waals surface area contributed by atoms with E-state index in [2.05, 4.69) is 53.2 Å². The fourth-order valence-corrected chi connectivity index (χ4v) is 4.05. The zero-order chi connectivity index (χ0) is 21.5. The van der Waals surface area contributed by atoms with Crippen LogP contribution in [0.25, 0.3) is 12.2 Å². The number of hydrogen-bond acceptors (Lipinski definition) is 4. The monoisotopic (exact) mass is 406 g/mol. The van der Waals surface area contributed by atoms with Crippen molar-refractivity contribution in [1.82, 2.24) is 4.90 Å². The second-order valence-corrected chi connectivity index (χ2v) is 7.79. The molecule has 0 amide bonds. The minimum Gasteiger partial charge on any atom is -0.507 e. The van der Waals surface area contributed by atoms with Crippen molar-refractivity contribution in [2.45, 2.75) is 33.7 Å². The van der Waals surface area contributed by atoms with Gasteiger partial charge in [-0.1, -0.05) is 37.3 Å². The molecule has 1 fully saturated rings. The maximum absolute atomic E-state index is 10.6. The van der Waals surface area contributed by atoms with E-state index in [0.29, 0.717) is 5.75 Å². The van der Waals surface area contributed by atoms with Crippen molar-refractivity contribution in [3.8, 4) is 11.5 Å². The SMILES string of the molecule is C\C=C/C=c1/c(CN2CCN(c3ccc(OC)cc3)CC2)cc(C)c(O)/c1=C\CC. The average Bonchev–Trinajstić information content (AvgIpc) is 2.77. The summed E-state index contributed by atoms with van der Waals surface area (Å²) in [6.45, 7) is 11.1. The summed E-state index contributed by atoms with van der Waals surface area (Å²) in [4.78, 5) is 4.94. The van der Waals surface area contributed by atoms with Crippen molar-refractivity contribution in [2.75, 3.05) is 38.2 Å². The Morgan fingerprint density at radius 1 is 1.07 bits per heavy atom. The molecule has 1 N–H and O–H groups in total. The number of aromatic hydroxyl groups is 1. The summed E-state index contributed by atoms with van der Waals surface area (Å²) >= 11 is 0. The Balaban J connectivity index is 1.79. The first-order valence-corrected chi connectivity index (χ1v) is 10.8. The molecule has 3 rings (SSSR count). The van der Waals surface area contributed by atoms with Gasteiger partial charge in [-0.2, -0.15) is 0 Å². The minimum atomic E-state index is 0.403. The molecule has 0 aromatic heterocycles. The first kappa shape index (κ1) is 22.0. The normalized spacial score (nSPS) is 16.6. The van der Waals surface area contributed by atoms with Crippen LogP contribution in [0.1, 0.15) is 31.4 Å². The highest BCUT2D eigenvalue weighted by molar-refractivity contribution is 5.51. The molecule has 1 aliphatic rings. The van der Waals surface area contributed by atoms with Crippen molar-refractivity contribution in [2.24, 2.45) is 0 Å². The smallest absolute Gasteiger partial charge is 0.126 e. The molecule has 0 aliphatic carbocycles. The van der Waals surface area contributed by atoms with Crippen LogP contribution in [-0.4, -0.2) is 43.3 Å². The second kappa shape index (κ2) is 10.4. The van der Waals surface area contributed by atoms with Crippen LogP contribution in [0.2, 0.25) is 0 Å². The third-order valence-corrected chi connectivity index (χ3v) is 5.72. The van der Waals surface area contributed by atoms with Gasteiger partial charge in [-0.3, -0.25) is 4.90 Å². The van der Waals surface area contributed by atoms with E-state index in [1.165, 1.54) is 11.3 Å². The van der Waals surface area contributed by atoms with Gasteiger partial charge in [0.1, 0.15) is 11.5 Å². The van der Waals surface area contributed by atoms with Gasteiger partial charge in [0.2, 0.25) is 0 Å². The van der Waals surface area contributed by atoms with Crippen LogP contribution in [0.5, 0.6) is 11.5 Å². The Kier molecular flexibility index (Phi) is 7.58. The Bertz CT molecular complexity index is 985. The lowest BCUT2D eigenvalue weighted by atomic mass is 10.0. The number of methoxy groups -OCH3 is 1. The van der Waals surface area contributed by atoms with Crippen LogP contribution in [-0.2, 0) is 6.54 Å². The highest BCUT2D eigenvalue weighted by atomic mass is 16.5. The lowest BCUT2D eigenvalue weighted by molar-refractivity contribution is 0.249. The summed E-state index contributed by atoms with van der Waals surface area (Å²) in [7, 11) is 1.70. The molecule has 30 heavy (non-hydrogen) atoms. The highest BCUT2D eigenvalue weighted by Crippen LogP contribution is 2.21. The predicted octanol–water partition coefficient (Wildman–Crippen LogP) is 3.58. The van der Waals surface area contributed by atoms with Gasteiger partial charge < -0.3 is 14.7 Å². The summed E-state index contributed by atoms with van der Waals surface area (Å²) in [6, 6.07) is 10.5. The van der Waals surface area contributed by atoms with Gasteiger partial charge in [0.15, 0.2) is 0 Å². The van der Waals surface area contributed by atoms with Crippen molar-refractivity contribution in [3.63, 3.8) is 0 Å². The molecule has 1 heterocycles. The van der Waals surface area contributed by atoms with E-state index in [1.54, 1.807) is 7.11 Å². The zero-order valence-corrected chi connectivity index (χ0v) is 18.7. The molecule has 1 saturated heterocycles. The molecule has 0 unspecified atom stereocenters. The number of phenolic OH excluding ortho intramolecular Hbond substituents is 1. The van der Waals surface area contributed by atoms with Gasteiger partial charge in [0.05, 0.1) is 7.11 Å². The number of hydrogen-bond donors (Lipinski definition) is 1. The number of benzene rings is 2. The van der Waals surface area contributed by atoms with Crippen LogP contribution in [0.3, 0.4) is 0 Å². The van der Waals surface area contributed by atoms with Crippen molar-refractivity contribution < 1.29 is 9.84 Å². The predicted molar refractivity (Wildman–Crippen MR) is 127 cm³/mol. The summed E-state index contributed by atoms with van der Waals surface area (Å²) in [5, 5.41) is 12.7. The average molecular weight is 407 g/mol. The number of ether oxygens (including phenoxy) is 1. The topological polar surface area (TPSA) is 35.9 Å². The quantitative estimate of drug-likeness (QED) is 0.796. The molecule has 0 atom stereocenters. The van der Waals surface area contributed by atoms with Gasteiger partial charge in [-0.25, -0.2) is 0 Å². The number of anilines is 1. The molecule has 4 nitrogen and oxygen atoms in total. The largest absolute Gasteiger partial charge is 0.507 e. The molecule has 2 aromatic carbocycles. The van der Waals surface area contributed by atoms with Crippen LogP contribution < -0.4 is 20.1 Å². The second-order valence-electron chi connectivity index (χ2n) is 7.79. The Morgan fingerprint density at radius 3 is 2.37 bits per heavy atom. The van der Waals surface area contributed by atoms with Gasteiger partial charge in [-0.15, -0.1) is 0 Å². The molecule has 2 aromatic rings. The molecule has 0 bridgehead atoms. The van der Waals surface area contributed by atoms with Crippen LogP contribution in [0, 0.1) is 6.92 Å². The lowest BCUT2D eigenvalue weighted by Crippen LogP contribution is -2.47. The molecule has 4 heteroatoms. The van der Waals surface area contributed by atoms with Crippen molar-refractivity contribution in [1.29, 1.82) is 0 Å². The maximum atomic E-state index is 10.6. The molecule has 1 aliphatic heterocycles. The number of nitrogens with zero attached hydrogens (tertiary/aromatic N) is 2. The number of aryl methyl sites for hydroxylation is 1. The fraction of sp³-hybridized carbons (Fsp3) is 0.385. The first-order valence-electron chi connectivity index (χ1n) is 10.8. The third-order valence-electron chi connectivity index (χ3n) is 5.72. The van der Waals surface area contributed by atoms with Gasteiger partial charge in [0, 0.05) is 43.6 Å². The number of piperazine rings is 1. The van der Waals surface area contributed by atoms with Gasteiger partial charge in [0.25, 0.3) is 0 Å². The Hall–Kier alpha value is -2.72. The molecule has 0 saturated carbocycles. The summed E-state index contributed by atoms with van der Waals surface area (Å²) in [6.07, 6.45) is 9.24. The lowest BCUT2D eigenvalue weighted by Gasteiger charge is -2.36. The standard InChI is InChI=1S/C26H34N2O2/c1-5-7-9-24-21(18-20(3)26(29)25(24)8-6-2)19-27-14-16-28(17-15-27)22-10-12-23(30-4)13-11-22/h5,7-13,18,29H,6,14-17,19H2,1-4H3/b7-5-,24-9-,25-8-. The summed E-state index contributed by atoms with van der Waals surface area (Å²) < 4.78 is 5.27. The Morgan fingerprint density at radius 2 is 1.77 bits per heavy atom. The fourth-order valence-electron chi connectivity index (χ4n) is 4.05. The highest BCUT2D eigenvalue weighted by Gasteiger charge is 2.18. The Labute approximate surface area is 180 Å². The first-order chi connectivity index (χ1) is 14.6. The molecule has 0 spiro atoms.